The van der Waals surface area contributed by atoms with Gasteiger partial charge < -0.3 is 14.2 Å². The van der Waals surface area contributed by atoms with Crippen LogP contribution in [0.4, 0.5) is 34.1 Å². The molecule has 0 amide bonds. The van der Waals surface area contributed by atoms with Crippen LogP contribution in [0.15, 0.2) is 247 Å². The number of hydrogen-bond acceptors (Lipinski definition) is 4. The minimum atomic E-state index is 0.840. The van der Waals surface area contributed by atoms with Gasteiger partial charge in [0.2, 0.25) is 0 Å². The molecule has 0 spiro atoms. The van der Waals surface area contributed by atoms with Crippen LogP contribution >= 0.6 is 11.3 Å². The lowest BCUT2D eigenvalue weighted by molar-refractivity contribution is 0.669. The molecule has 0 aliphatic heterocycles. The molecule has 64 heavy (non-hydrogen) atoms. The molecule has 12 aromatic rings. The zero-order chi connectivity index (χ0) is 42.4. The number of para-hydroxylation sites is 2. The van der Waals surface area contributed by atoms with Gasteiger partial charge in [-0.3, -0.25) is 0 Å². The highest BCUT2D eigenvalue weighted by Gasteiger charge is 2.21. The summed E-state index contributed by atoms with van der Waals surface area (Å²) in [6.07, 6.45) is 0. The number of benzene rings is 10. The molecular weight excluding hydrogens is 797 g/mol. The first-order valence-corrected chi connectivity index (χ1v) is 22.5. The maximum Gasteiger partial charge on any atom is 0.138 e. The summed E-state index contributed by atoms with van der Waals surface area (Å²) in [5.74, 6) is 0. The fourth-order valence-corrected chi connectivity index (χ4v) is 10.3. The Morgan fingerprint density at radius 1 is 0.281 bits per heavy atom. The van der Waals surface area contributed by atoms with Gasteiger partial charge in [-0.05, 0) is 112 Å². The fraction of sp³-hybridized carbons (Fsp3) is 0. The predicted octanol–water partition coefficient (Wildman–Crippen LogP) is 17.9. The Hall–Kier alpha value is -8.18. The Morgan fingerprint density at radius 2 is 0.734 bits per heavy atom. The molecule has 2 heterocycles. The third kappa shape index (κ3) is 6.78. The summed E-state index contributed by atoms with van der Waals surface area (Å²) < 4.78 is 9.31. The van der Waals surface area contributed by atoms with Gasteiger partial charge in [-0.1, -0.05) is 158 Å². The molecule has 12 rings (SSSR count). The van der Waals surface area contributed by atoms with Crippen molar-refractivity contribution in [3.05, 3.63) is 243 Å². The standard InChI is InChI=1S/C60H40N2OS/c1-4-14-41(15-5-1)43-24-30-48(31-25-43)62(49-32-26-44(27-33-49)42-16-6-2-7-17-42)51-38-55(60-54-21-10-12-22-56(54)63-57(60)39-51)45-28-34-47(35-29-45)61(46-18-8-3-9-19-46)50-36-37-53-52-20-11-13-23-58(52)64-59(53)40-50/h1-40H. The van der Waals surface area contributed by atoms with E-state index in [1.54, 1.807) is 0 Å². The number of anilines is 6. The Balaban J connectivity index is 1.00. The molecule has 0 radical (unpaired) electrons. The maximum absolute atomic E-state index is 6.73. The van der Waals surface area contributed by atoms with E-state index in [4.69, 9.17) is 4.42 Å². The normalized spacial score (nSPS) is 11.4. The molecule has 2 aromatic heterocycles. The molecular formula is C60H40N2OS. The average Bonchev–Trinajstić information content (AvgIpc) is 3.94. The second-order valence-electron chi connectivity index (χ2n) is 16.1. The second kappa shape index (κ2) is 15.9. The van der Waals surface area contributed by atoms with Crippen molar-refractivity contribution >= 4 is 87.6 Å². The van der Waals surface area contributed by atoms with Crippen LogP contribution in [0, 0.1) is 0 Å². The maximum atomic E-state index is 6.73. The molecule has 0 unspecified atom stereocenters. The third-order valence-electron chi connectivity index (χ3n) is 12.3. The Morgan fingerprint density at radius 3 is 1.36 bits per heavy atom. The lowest BCUT2D eigenvalue weighted by Gasteiger charge is -2.27. The van der Waals surface area contributed by atoms with Gasteiger partial charge in [0.15, 0.2) is 0 Å². The molecule has 10 aromatic carbocycles. The Kier molecular flexibility index (Phi) is 9.36. The molecule has 0 N–H and O–H groups in total. The number of thiophene rings is 1. The van der Waals surface area contributed by atoms with Crippen LogP contribution in [0.5, 0.6) is 0 Å². The van der Waals surface area contributed by atoms with Crippen LogP contribution in [0.2, 0.25) is 0 Å². The van der Waals surface area contributed by atoms with E-state index in [9.17, 15) is 0 Å². The molecule has 0 saturated carbocycles. The zero-order valence-corrected chi connectivity index (χ0v) is 35.6. The van der Waals surface area contributed by atoms with Crippen molar-refractivity contribution < 1.29 is 4.42 Å². The van der Waals surface area contributed by atoms with Gasteiger partial charge in [0.25, 0.3) is 0 Å². The van der Waals surface area contributed by atoms with E-state index in [2.05, 4.69) is 246 Å². The summed E-state index contributed by atoms with van der Waals surface area (Å²) in [7, 11) is 0. The summed E-state index contributed by atoms with van der Waals surface area (Å²) in [6.45, 7) is 0. The van der Waals surface area contributed by atoms with Gasteiger partial charge in [-0.25, -0.2) is 0 Å². The molecule has 0 aliphatic rings. The van der Waals surface area contributed by atoms with Gasteiger partial charge in [0, 0.05) is 65.4 Å². The number of fused-ring (bicyclic) bond motifs is 6. The SMILES string of the molecule is c1ccc(-c2ccc(N(c3ccc(-c4ccccc4)cc3)c3cc(-c4ccc(N(c5ccccc5)c5ccc6c(c5)sc5ccccc56)cc4)c4c(c3)oc3ccccc34)cc2)cc1. The molecule has 3 nitrogen and oxygen atoms in total. The van der Waals surface area contributed by atoms with Crippen molar-refractivity contribution in [1.29, 1.82) is 0 Å². The predicted molar refractivity (Wildman–Crippen MR) is 272 cm³/mol. The average molecular weight is 837 g/mol. The summed E-state index contributed by atoms with van der Waals surface area (Å²) in [6, 6.07) is 87.0. The first kappa shape index (κ1) is 37.6. The highest BCUT2D eigenvalue weighted by atomic mass is 32.1. The minimum absolute atomic E-state index is 0.840. The largest absolute Gasteiger partial charge is 0.456 e. The van der Waals surface area contributed by atoms with Gasteiger partial charge in [0.1, 0.15) is 11.2 Å². The third-order valence-corrected chi connectivity index (χ3v) is 13.4. The van der Waals surface area contributed by atoms with Gasteiger partial charge in [0.05, 0.1) is 5.69 Å². The van der Waals surface area contributed by atoms with Crippen molar-refractivity contribution in [2.75, 3.05) is 9.80 Å². The lowest BCUT2D eigenvalue weighted by atomic mass is 9.97. The monoisotopic (exact) mass is 836 g/mol. The first-order chi connectivity index (χ1) is 31.7. The number of furan rings is 1. The first-order valence-electron chi connectivity index (χ1n) is 21.7. The van der Waals surface area contributed by atoms with E-state index in [1.165, 1.54) is 42.4 Å². The van der Waals surface area contributed by atoms with E-state index in [0.29, 0.717) is 0 Å². The van der Waals surface area contributed by atoms with Crippen molar-refractivity contribution in [2.45, 2.75) is 0 Å². The highest BCUT2D eigenvalue weighted by Crippen LogP contribution is 2.46. The van der Waals surface area contributed by atoms with Crippen molar-refractivity contribution in [1.82, 2.24) is 0 Å². The smallest absolute Gasteiger partial charge is 0.138 e. The lowest BCUT2D eigenvalue weighted by Crippen LogP contribution is -2.10. The summed E-state index contributed by atoms with van der Waals surface area (Å²) in [5, 5.41) is 4.78. The topological polar surface area (TPSA) is 19.6 Å². The second-order valence-corrected chi connectivity index (χ2v) is 17.2. The van der Waals surface area contributed by atoms with Crippen molar-refractivity contribution in [2.24, 2.45) is 0 Å². The van der Waals surface area contributed by atoms with Crippen LogP contribution in [0.3, 0.4) is 0 Å². The summed E-state index contributed by atoms with van der Waals surface area (Å²) in [4.78, 5) is 4.70. The van der Waals surface area contributed by atoms with Gasteiger partial charge in [-0.2, -0.15) is 0 Å². The van der Waals surface area contributed by atoms with E-state index < -0.39 is 0 Å². The molecule has 0 saturated heterocycles. The minimum Gasteiger partial charge on any atom is -0.456 e. The van der Waals surface area contributed by atoms with Gasteiger partial charge >= 0.3 is 0 Å². The molecule has 302 valence electrons. The highest BCUT2D eigenvalue weighted by molar-refractivity contribution is 7.25. The van der Waals surface area contributed by atoms with Crippen LogP contribution in [-0.2, 0) is 0 Å². The number of rotatable bonds is 9. The Bertz CT molecular complexity index is 3500. The van der Waals surface area contributed by atoms with E-state index >= 15 is 0 Å². The van der Waals surface area contributed by atoms with E-state index in [1.807, 2.05) is 17.4 Å². The van der Waals surface area contributed by atoms with Crippen LogP contribution in [0.25, 0.3) is 75.5 Å². The molecule has 0 fully saturated rings. The van der Waals surface area contributed by atoms with Crippen molar-refractivity contribution in [3.8, 4) is 33.4 Å². The van der Waals surface area contributed by atoms with E-state index in [0.717, 1.165) is 67.2 Å². The number of nitrogens with zero attached hydrogens (tertiary/aromatic N) is 2. The number of hydrogen-bond donors (Lipinski definition) is 0. The quantitative estimate of drug-likeness (QED) is 0.144. The summed E-state index contributed by atoms with van der Waals surface area (Å²) >= 11 is 1.85. The van der Waals surface area contributed by atoms with E-state index in [-0.39, 0.29) is 0 Å². The van der Waals surface area contributed by atoms with Crippen molar-refractivity contribution in [3.63, 3.8) is 0 Å². The Labute approximate surface area is 376 Å². The molecule has 4 heteroatoms. The zero-order valence-electron chi connectivity index (χ0n) is 34.8. The van der Waals surface area contributed by atoms with Crippen LogP contribution in [0.1, 0.15) is 0 Å². The van der Waals surface area contributed by atoms with Crippen LogP contribution in [-0.4, -0.2) is 0 Å². The fourth-order valence-electron chi connectivity index (χ4n) is 9.18. The molecule has 0 bridgehead atoms. The van der Waals surface area contributed by atoms with Gasteiger partial charge in [-0.15, -0.1) is 11.3 Å². The molecule has 0 atom stereocenters. The summed E-state index contributed by atoms with van der Waals surface area (Å²) in [5.41, 5.74) is 15.1. The molecule has 0 aliphatic carbocycles. The van der Waals surface area contributed by atoms with Crippen LogP contribution < -0.4 is 9.80 Å².